The number of rotatable bonds is 3. The second-order valence-electron chi connectivity index (χ2n) is 2.33. The van der Waals surface area contributed by atoms with Gasteiger partial charge in [-0.1, -0.05) is 44.9 Å². The molecule has 0 aromatic carbocycles. The first-order valence-electron chi connectivity index (χ1n) is 3.06. The molecule has 0 N–H and O–H groups in total. The maximum absolute atomic E-state index is 3.61. The van der Waals surface area contributed by atoms with Crippen molar-refractivity contribution in [2.45, 2.75) is 31.0 Å². The minimum Gasteiger partial charge on any atom is -0.0853 e. The highest BCUT2D eigenvalue weighted by molar-refractivity contribution is 9.11. The molecule has 9 heavy (non-hydrogen) atoms. The molecule has 0 bridgehead atoms. The van der Waals surface area contributed by atoms with Gasteiger partial charge in [0, 0.05) is 4.32 Å². The van der Waals surface area contributed by atoms with E-state index in [-0.39, 0.29) is 4.32 Å². The number of halogens is 2. The minimum absolute atomic E-state index is 0.289. The van der Waals surface area contributed by atoms with E-state index < -0.39 is 0 Å². The molecular weight excluding hydrogens is 244 g/mol. The topological polar surface area (TPSA) is 0 Å². The van der Waals surface area contributed by atoms with E-state index in [1.807, 2.05) is 4.99 Å². The number of hydrogen-bond acceptors (Lipinski definition) is 0. The maximum atomic E-state index is 3.61. The van der Waals surface area contributed by atoms with Crippen molar-refractivity contribution >= 4 is 31.9 Å². The second-order valence-corrected chi connectivity index (χ2v) is 4.78. The molecule has 0 fully saturated rings. The van der Waals surface area contributed by atoms with Crippen LogP contribution in [0.25, 0.3) is 0 Å². The van der Waals surface area contributed by atoms with Gasteiger partial charge >= 0.3 is 0 Å². The molecule has 0 aliphatic rings. The van der Waals surface area contributed by atoms with Crippen molar-refractivity contribution in [3.05, 3.63) is 11.1 Å². The molecule has 0 radical (unpaired) electrons. The van der Waals surface area contributed by atoms with Gasteiger partial charge in [0.25, 0.3) is 0 Å². The molecule has 0 aromatic rings. The van der Waals surface area contributed by atoms with E-state index in [1.165, 1.54) is 0 Å². The number of hydrogen-bond donors (Lipinski definition) is 0. The predicted molar refractivity (Wildman–Crippen MR) is 50.3 cm³/mol. The zero-order chi connectivity index (χ0) is 7.33. The normalized spacial score (nSPS) is 18.2. The quantitative estimate of drug-likeness (QED) is 0.673. The predicted octanol–water partition coefficient (Wildman–Crippen LogP) is 3.85. The second kappa shape index (κ2) is 4.51. The molecule has 0 nitrogen and oxygen atoms in total. The number of allylic oxidation sites excluding steroid dienone is 1. The van der Waals surface area contributed by atoms with Gasteiger partial charge in [0.2, 0.25) is 0 Å². The fourth-order valence-corrected chi connectivity index (χ4v) is 0.808. The summed E-state index contributed by atoms with van der Waals surface area (Å²) in [5.41, 5.74) is 0. The number of alkyl halides is 1. The lowest BCUT2D eigenvalue weighted by molar-refractivity contribution is 0.645. The van der Waals surface area contributed by atoms with Gasteiger partial charge in [-0.05, 0) is 24.8 Å². The standard InChI is InChI=1S/C7H12Br2/c1-3-7(2,9)5-4-6-8/h4,6H,3,5H2,1-2H3. The van der Waals surface area contributed by atoms with Crippen molar-refractivity contribution in [1.29, 1.82) is 0 Å². The third-order valence-corrected chi connectivity index (χ3v) is 2.63. The Morgan fingerprint density at radius 2 is 2.11 bits per heavy atom. The summed E-state index contributed by atoms with van der Waals surface area (Å²) in [5.74, 6) is 0. The fraction of sp³-hybridized carbons (Fsp3) is 0.714. The maximum Gasteiger partial charge on any atom is 0.0261 e. The van der Waals surface area contributed by atoms with Crippen LogP contribution in [0.5, 0.6) is 0 Å². The highest BCUT2D eigenvalue weighted by Crippen LogP contribution is 2.25. The lowest BCUT2D eigenvalue weighted by atomic mass is 10.1. The van der Waals surface area contributed by atoms with Gasteiger partial charge in [0.15, 0.2) is 0 Å². The van der Waals surface area contributed by atoms with Crippen molar-refractivity contribution in [3.63, 3.8) is 0 Å². The summed E-state index contributed by atoms with van der Waals surface area (Å²) in [6, 6.07) is 0. The summed E-state index contributed by atoms with van der Waals surface area (Å²) in [5, 5.41) is 0. The molecule has 0 amide bonds. The lowest BCUT2D eigenvalue weighted by Crippen LogP contribution is -2.11. The van der Waals surface area contributed by atoms with Crippen LogP contribution in [0.2, 0.25) is 0 Å². The summed E-state index contributed by atoms with van der Waals surface area (Å²) in [7, 11) is 0. The van der Waals surface area contributed by atoms with E-state index in [4.69, 9.17) is 0 Å². The van der Waals surface area contributed by atoms with E-state index in [9.17, 15) is 0 Å². The van der Waals surface area contributed by atoms with Gasteiger partial charge in [-0.2, -0.15) is 0 Å². The van der Waals surface area contributed by atoms with Crippen molar-refractivity contribution in [2.75, 3.05) is 0 Å². The van der Waals surface area contributed by atoms with Gasteiger partial charge < -0.3 is 0 Å². The average molecular weight is 256 g/mol. The van der Waals surface area contributed by atoms with Gasteiger partial charge in [-0.15, -0.1) is 0 Å². The van der Waals surface area contributed by atoms with Gasteiger partial charge in [-0.25, -0.2) is 0 Å². The SMILES string of the molecule is CCC(C)(Br)CC=CBr. The van der Waals surface area contributed by atoms with Crippen molar-refractivity contribution < 1.29 is 0 Å². The summed E-state index contributed by atoms with van der Waals surface area (Å²) >= 11 is 6.84. The van der Waals surface area contributed by atoms with Gasteiger partial charge in [-0.3, -0.25) is 0 Å². The summed E-state index contributed by atoms with van der Waals surface area (Å²) in [6.45, 7) is 4.37. The first-order valence-corrected chi connectivity index (χ1v) is 4.77. The third-order valence-electron chi connectivity index (χ3n) is 1.37. The van der Waals surface area contributed by atoms with Crippen LogP contribution in [0, 0.1) is 0 Å². The van der Waals surface area contributed by atoms with E-state index in [2.05, 4.69) is 51.8 Å². The lowest BCUT2D eigenvalue weighted by Gasteiger charge is -2.16. The van der Waals surface area contributed by atoms with Crippen molar-refractivity contribution in [1.82, 2.24) is 0 Å². The molecular formula is C7H12Br2. The van der Waals surface area contributed by atoms with E-state index in [0.717, 1.165) is 12.8 Å². The van der Waals surface area contributed by atoms with Crippen LogP contribution < -0.4 is 0 Å². The Kier molecular flexibility index (Phi) is 4.86. The fourth-order valence-electron chi connectivity index (χ4n) is 0.435. The van der Waals surface area contributed by atoms with Crippen LogP contribution in [0.15, 0.2) is 11.1 Å². The Bertz CT molecular complexity index is 95.1. The zero-order valence-electron chi connectivity index (χ0n) is 5.82. The molecule has 1 atom stereocenters. The Hall–Kier alpha value is 0.700. The molecule has 0 heterocycles. The van der Waals surface area contributed by atoms with Crippen LogP contribution in [0.4, 0.5) is 0 Å². The first-order chi connectivity index (χ1) is 4.12. The average Bonchev–Trinajstić information content (AvgIpc) is 1.84. The summed E-state index contributed by atoms with van der Waals surface area (Å²) in [4.78, 5) is 1.90. The van der Waals surface area contributed by atoms with E-state index in [1.54, 1.807) is 0 Å². The van der Waals surface area contributed by atoms with E-state index >= 15 is 0 Å². The van der Waals surface area contributed by atoms with Crippen LogP contribution in [0.1, 0.15) is 26.7 Å². The molecule has 0 spiro atoms. The molecule has 54 valence electrons. The third kappa shape index (κ3) is 5.16. The minimum atomic E-state index is 0.289. The van der Waals surface area contributed by atoms with Crippen LogP contribution in [-0.2, 0) is 0 Å². The Morgan fingerprint density at radius 1 is 1.56 bits per heavy atom. The highest BCUT2D eigenvalue weighted by Gasteiger charge is 2.14. The van der Waals surface area contributed by atoms with Crippen LogP contribution >= 0.6 is 31.9 Å². The van der Waals surface area contributed by atoms with Crippen LogP contribution in [0.3, 0.4) is 0 Å². The first kappa shape index (κ1) is 9.70. The summed E-state index contributed by atoms with van der Waals surface area (Å²) < 4.78 is 0.289. The largest absolute Gasteiger partial charge is 0.0853 e. The molecule has 0 aliphatic heterocycles. The van der Waals surface area contributed by atoms with Gasteiger partial charge in [0.1, 0.15) is 0 Å². The molecule has 1 unspecified atom stereocenters. The monoisotopic (exact) mass is 254 g/mol. The van der Waals surface area contributed by atoms with E-state index in [0.29, 0.717) is 0 Å². The smallest absolute Gasteiger partial charge is 0.0261 e. The summed E-state index contributed by atoms with van der Waals surface area (Å²) in [6.07, 6.45) is 4.34. The molecule has 0 aromatic heterocycles. The van der Waals surface area contributed by atoms with Crippen molar-refractivity contribution in [2.24, 2.45) is 0 Å². The molecule has 0 saturated carbocycles. The molecule has 0 aliphatic carbocycles. The molecule has 2 heteroatoms. The zero-order valence-corrected chi connectivity index (χ0v) is 9.00. The van der Waals surface area contributed by atoms with Gasteiger partial charge in [0.05, 0.1) is 0 Å². The Balaban J connectivity index is 3.58. The van der Waals surface area contributed by atoms with Crippen molar-refractivity contribution in [3.8, 4) is 0 Å². The molecule has 0 rings (SSSR count). The van der Waals surface area contributed by atoms with Crippen LogP contribution in [-0.4, -0.2) is 4.32 Å². The molecule has 0 saturated heterocycles. The Morgan fingerprint density at radius 3 is 2.44 bits per heavy atom. The highest BCUT2D eigenvalue weighted by atomic mass is 79.9. The Labute approximate surface area is 74.0 Å².